The van der Waals surface area contributed by atoms with E-state index in [2.05, 4.69) is 26.8 Å². The van der Waals surface area contributed by atoms with Crippen molar-refractivity contribution in [3.63, 3.8) is 0 Å². The zero-order chi connectivity index (χ0) is 13.7. The molecule has 0 bridgehead atoms. The van der Waals surface area contributed by atoms with Crippen LogP contribution >= 0.6 is 0 Å². The Morgan fingerprint density at radius 3 is 3.00 bits per heavy atom. The van der Waals surface area contributed by atoms with E-state index >= 15 is 0 Å². The molecule has 96 valence electrons. The fraction of sp³-hybridized carbons (Fsp3) is 0.0769. The van der Waals surface area contributed by atoms with E-state index in [-0.39, 0.29) is 17.9 Å². The van der Waals surface area contributed by atoms with Gasteiger partial charge in [-0.3, -0.25) is 4.79 Å². The van der Waals surface area contributed by atoms with Crippen molar-refractivity contribution >= 4 is 11.6 Å². The molecule has 0 saturated carbocycles. The third-order valence-corrected chi connectivity index (χ3v) is 2.20. The summed E-state index contributed by atoms with van der Waals surface area (Å²) in [5.41, 5.74) is 0.580. The van der Waals surface area contributed by atoms with E-state index in [1.807, 2.05) is 0 Å². The van der Waals surface area contributed by atoms with Gasteiger partial charge in [-0.15, -0.1) is 0 Å². The number of benzene rings is 1. The monoisotopic (exact) mass is 260 g/mol. The third kappa shape index (κ3) is 3.18. The van der Waals surface area contributed by atoms with Gasteiger partial charge in [-0.25, -0.2) is 4.39 Å². The van der Waals surface area contributed by atoms with Gasteiger partial charge in [-0.2, -0.15) is 0 Å². The maximum atomic E-state index is 13.4. The molecular weight excluding hydrogens is 251 g/mol. The second-order valence-electron chi connectivity index (χ2n) is 3.49. The van der Waals surface area contributed by atoms with Crippen LogP contribution in [0.3, 0.4) is 0 Å². The standard InChI is InChI=1S/C13H9FN2O3/c14-11-4-3-10(8-9(11)2-1-6-17)15-13(18)12-5-7-19-16-12/h3-5,7-8,17H,6H2,(H,15,18). The molecule has 0 radical (unpaired) electrons. The van der Waals surface area contributed by atoms with Crippen molar-refractivity contribution in [1.29, 1.82) is 0 Å². The number of rotatable bonds is 2. The average molecular weight is 260 g/mol. The van der Waals surface area contributed by atoms with Gasteiger partial charge in [0.1, 0.15) is 18.7 Å². The highest BCUT2D eigenvalue weighted by molar-refractivity contribution is 6.02. The number of anilines is 1. The first-order chi connectivity index (χ1) is 9.20. The van der Waals surface area contributed by atoms with Gasteiger partial charge in [0.25, 0.3) is 5.91 Å². The van der Waals surface area contributed by atoms with Gasteiger partial charge < -0.3 is 14.9 Å². The molecule has 0 unspecified atom stereocenters. The summed E-state index contributed by atoms with van der Waals surface area (Å²) in [6.45, 7) is -0.366. The summed E-state index contributed by atoms with van der Waals surface area (Å²) in [5.74, 6) is 3.79. The lowest BCUT2D eigenvalue weighted by atomic mass is 10.2. The number of hydrogen-bond donors (Lipinski definition) is 2. The minimum atomic E-state index is -0.527. The first kappa shape index (κ1) is 12.8. The quantitative estimate of drug-likeness (QED) is 0.800. The number of carbonyl (C=O) groups excluding carboxylic acids is 1. The Bertz CT molecular complexity index is 642. The van der Waals surface area contributed by atoms with Crippen molar-refractivity contribution in [2.45, 2.75) is 0 Å². The molecule has 0 spiro atoms. The smallest absolute Gasteiger partial charge is 0.277 e. The van der Waals surface area contributed by atoms with Crippen molar-refractivity contribution in [2.75, 3.05) is 11.9 Å². The molecule has 6 heteroatoms. The van der Waals surface area contributed by atoms with Crippen molar-refractivity contribution in [3.05, 3.63) is 47.6 Å². The lowest BCUT2D eigenvalue weighted by molar-refractivity contribution is 0.101. The summed E-state index contributed by atoms with van der Waals surface area (Å²) in [7, 11) is 0. The van der Waals surface area contributed by atoms with Crippen molar-refractivity contribution in [3.8, 4) is 11.8 Å². The minimum Gasteiger partial charge on any atom is -0.384 e. The number of hydrogen-bond acceptors (Lipinski definition) is 4. The fourth-order valence-corrected chi connectivity index (χ4v) is 1.36. The SMILES string of the molecule is O=C(Nc1ccc(F)c(C#CCO)c1)c1ccon1. The summed E-state index contributed by atoms with van der Waals surface area (Å²) >= 11 is 0. The Balaban J connectivity index is 2.19. The Labute approximate surface area is 108 Å². The van der Waals surface area contributed by atoms with E-state index in [1.54, 1.807) is 0 Å². The molecule has 2 N–H and O–H groups in total. The van der Waals surface area contributed by atoms with E-state index < -0.39 is 11.7 Å². The number of amides is 1. The summed E-state index contributed by atoms with van der Waals surface area (Å²) in [5, 5.41) is 14.6. The second-order valence-corrected chi connectivity index (χ2v) is 3.49. The largest absolute Gasteiger partial charge is 0.384 e. The fourth-order valence-electron chi connectivity index (χ4n) is 1.36. The highest BCUT2D eigenvalue weighted by atomic mass is 19.1. The van der Waals surface area contributed by atoms with Gasteiger partial charge in [0.15, 0.2) is 5.69 Å². The molecule has 0 aliphatic rings. The molecule has 1 aromatic heterocycles. The predicted octanol–water partition coefficient (Wildman–Crippen LogP) is 1.41. The van der Waals surface area contributed by atoms with E-state index in [1.165, 1.54) is 30.5 Å². The highest BCUT2D eigenvalue weighted by Gasteiger charge is 2.10. The van der Waals surface area contributed by atoms with Crippen molar-refractivity contribution < 1.29 is 18.8 Å². The van der Waals surface area contributed by atoms with Crippen molar-refractivity contribution in [2.24, 2.45) is 0 Å². The van der Waals surface area contributed by atoms with Gasteiger partial charge >= 0.3 is 0 Å². The van der Waals surface area contributed by atoms with Crippen LogP contribution in [0.1, 0.15) is 16.1 Å². The second kappa shape index (κ2) is 5.80. The van der Waals surface area contributed by atoms with Gasteiger partial charge in [0.2, 0.25) is 0 Å². The summed E-state index contributed by atoms with van der Waals surface area (Å²) in [4.78, 5) is 11.7. The number of halogens is 1. The van der Waals surface area contributed by atoms with E-state index in [4.69, 9.17) is 5.11 Å². The summed E-state index contributed by atoms with van der Waals surface area (Å²) < 4.78 is 17.9. The molecule has 1 heterocycles. The van der Waals surface area contributed by atoms with E-state index in [0.717, 1.165) is 0 Å². The predicted molar refractivity (Wildman–Crippen MR) is 64.8 cm³/mol. The van der Waals surface area contributed by atoms with Crippen LogP contribution in [-0.4, -0.2) is 22.8 Å². The number of carbonyl (C=O) groups is 1. The maximum absolute atomic E-state index is 13.4. The van der Waals surface area contributed by atoms with E-state index in [9.17, 15) is 9.18 Å². The van der Waals surface area contributed by atoms with Gasteiger partial charge in [-0.1, -0.05) is 17.0 Å². The van der Waals surface area contributed by atoms with Crippen LogP contribution in [-0.2, 0) is 0 Å². The molecule has 0 fully saturated rings. The highest BCUT2D eigenvalue weighted by Crippen LogP contribution is 2.14. The minimum absolute atomic E-state index is 0.0898. The molecule has 19 heavy (non-hydrogen) atoms. The topological polar surface area (TPSA) is 75.4 Å². The number of aliphatic hydroxyl groups excluding tert-OH is 1. The number of aliphatic hydroxyl groups is 1. The van der Waals surface area contributed by atoms with Crippen LogP contribution in [0.15, 0.2) is 35.1 Å². The van der Waals surface area contributed by atoms with Crippen LogP contribution in [0.25, 0.3) is 0 Å². The Morgan fingerprint density at radius 2 is 2.32 bits per heavy atom. The average Bonchev–Trinajstić information content (AvgIpc) is 2.93. The maximum Gasteiger partial charge on any atom is 0.277 e. The molecule has 0 saturated heterocycles. The molecule has 1 aromatic carbocycles. The first-order valence-electron chi connectivity index (χ1n) is 5.31. The molecule has 0 aliphatic carbocycles. The summed E-state index contributed by atoms with van der Waals surface area (Å²) in [6.07, 6.45) is 1.28. The number of nitrogens with one attached hydrogen (secondary N) is 1. The Kier molecular flexibility index (Phi) is 3.90. The molecule has 2 aromatic rings. The number of aromatic nitrogens is 1. The van der Waals surface area contributed by atoms with Crippen molar-refractivity contribution in [1.82, 2.24) is 5.16 Å². The van der Waals surface area contributed by atoms with Crippen LogP contribution < -0.4 is 5.32 Å². The van der Waals surface area contributed by atoms with E-state index in [0.29, 0.717) is 5.69 Å². The van der Waals surface area contributed by atoms with Gasteiger partial charge in [0.05, 0.1) is 5.56 Å². The Hall–Kier alpha value is -2.65. The van der Waals surface area contributed by atoms with Crippen LogP contribution in [0.4, 0.5) is 10.1 Å². The molecule has 5 nitrogen and oxygen atoms in total. The molecule has 2 rings (SSSR count). The third-order valence-electron chi connectivity index (χ3n) is 2.20. The van der Waals surface area contributed by atoms with Crippen LogP contribution in [0.2, 0.25) is 0 Å². The molecule has 0 aliphatic heterocycles. The zero-order valence-electron chi connectivity index (χ0n) is 9.68. The number of nitrogens with zero attached hydrogens (tertiary/aromatic N) is 1. The molecule has 0 atom stereocenters. The first-order valence-corrected chi connectivity index (χ1v) is 5.31. The molecule has 1 amide bonds. The Morgan fingerprint density at radius 1 is 1.47 bits per heavy atom. The zero-order valence-corrected chi connectivity index (χ0v) is 9.68. The lowest BCUT2D eigenvalue weighted by Gasteiger charge is -2.04. The lowest BCUT2D eigenvalue weighted by Crippen LogP contribution is -2.12. The van der Waals surface area contributed by atoms with Gasteiger partial charge in [0, 0.05) is 11.8 Å². The normalized spacial score (nSPS) is 9.58. The summed E-state index contributed by atoms with van der Waals surface area (Å²) in [6, 6.07) is 5.36. The van der Waals surface area contributed by atoms with Crippen LogP contribution in [0.5, 0.6) is 0 Å². The van der Waals surface area contributed by atoms with Crippen LogP contribution in [0, 0.1) is 17.7 Å². The molecular formula is C13H9FN2O3. The van der Waals surface area contributed by atoms with Gasteiger partial charge in [-0.05, 0) is 18.2 Å².